The maximum absolute atomic E-state index is 12.5. The monoisotopic (exact) mass is 284 g/mol. The van der Waals surface area contributed by atoms with Crippen molar-refractivity contribution in [1.29, 1.82) is 0 Å². The minimum atomic E-state index is -1.84. The van der Waals surface area contributed by atoms with Crippen LogP contribution < -0.4 is 0 Å². The van der Waals surface area contributed by atoms with E-state index in [1.165, 1.54) is 0 Å². The number of carbonyl (C=O) groups is 1. The van der Waals surface area contributed by atoms with E-state index in [1.807, 2.05) is 0 Å². The van der Waals surface area contributed by atoms with Gasteiger partial charge >= 0.3 is 0 Å². The zero-order valence-corrected chi connectivity index (χ0v) is 12.4. The first kappa shape index (κ1) is 14.4. The maximum atomic E-state index is 12.5. The average Bonchev–Trinajstić information content (AvgIpc) is 2.60. The van der Waals surface area contributed by atoms with Gasteiger partial charge in [-0.1, -0.05) is 13.8 Å². The summed E-state index contributed by atoms with van der Waals surface area (Å²) in [5.41, 5.74) is -3.40. The number of hydrogen-bond acceptors (Lipinski definition) is 5. The van der Waals surface area contributed by atoms with E-state index in [2.05, 4.69) is 13.8 Å². The molecule has 3 rings (SSSR count). The number of hydrogen-bond donors (Lipinski definition) is 3. The van der Waals surface area contributed by atoms with Crippen molar-refractivity contribution in [2.45, 2.75) is 69.9 Å². The molecule has 0 amide bonds. The Bertz CT molecular complexity index is 475. The Hall–Kier alpha value is -0.490. The van der Waals surface area contributed by atoms with Crippen LogP contribution in [0, 0.1) is 10.8 Å². The number of aliphatic hydroxyl groups excluding tert-OH is 1. The summed E-state index contributed by atoms with van der Waals surface area (Å²) in [7, 11) is 0. The number of ether oxygens (including phenoxy) is 1. The van der Waals surface area contributed by atoms with Gasteiger partial charge < -0.3 is 20.1 Å². The van der Waals surface area contributed by atoms with Gasteiger partial charge in [0.15, 0.2) is 11.6 Å². The lowest BCUT2D eigenvalue weighted by Crippen LogP contribution is -2.62. The molecule has 2 unspecified atom stereocenters. The molecule has 0 aromatic carbocycles. The first-order valence-corrected chi connectivity index (χ1v) is 7.35. The Morgan fingerprint density at radius 2 is 1.80 bits per heavy atom. The molecule has 2 bridgehead atoms. The molecule has 0 aromatic rings. The molecule has 114 valence electrons. The van der Waals surface area contributed by atoms with Crippen LogP contribution in [0.15, 0.2) is 0 Å². The van der Waals surface area contributed by atoms with Crippen LogP contribution in [0.4, 0.5) is 0 Å². The van der Waals surface area contributed by atoms with Crippen molar-refractivity contribution in [3.8, 4) is 0 Å². The molecule has 3 fully saturated rings. The number of rotatable bonds is 1. The highest BCUT2D eigenvalue weighted by Crippen LogP contribution is 2.70. The number of aliphatic hydroxyl groups is 3. The minimum Gasteiger partial charge on any atom is -0.393 e. The topological polar surface area (TPSA) is 87.0 Å². The molecule has 2 aliphatic carbocycles. The molecule has 5 heteroatoms. The van der Waals surface area contributed by atoms with Crippen LogP contribution in [0.1, 0.15) is 52.9 Å². The second kappa shape index (κ2) is 3.64. The van der Waals surface area contributed by atoms with Crippen LogP contribution in [0.3, 0.4) is 0 Å². The van der Waals surface area contributed by atoms with Crippen LogP contribution in [0.5, 0.6) is 0 Å². The van der Waals surface area contributed by atoms with Gasteiger partial charge in [0.25, 0.3) is 0 Å². The van der Waals surface area contributed by atoms with Crippen molar-refractivity contribution in [3.05, 3.63) is 0 Å². The van der Waals surface area contributed by atoms with Crippen molar-refractivity contribution in [3.63, 3.8) is 0 Å². The van der Waals surface area contributed by atoms with E-state index in [4.69, 9.17) is 4.74 Å². The van der Waals surface area contributed by atoms with Gasteiger partial charge in [-0.2, -0.15) is 0 Å². The second-order valence-electron chi connectivity index (χ2n) is 7.68. The minimum absolute atomic E-state index is 0.00469. The highest BCUT2D eigenvalue weighted by molar-refractivity contribution is 5.90. The van der Waals surface area contributed by atoms with Crippen LogP contribution in [0.2, 0.25) is 0 Å². The van der Waals surface area contributed by atoms with E-state index in [0.717, 1.165) is 6.42 Å². The van der Waals surface area contributed by atoms with Gasteiger partial charge in [-0.25, -0.2) is 0 Å². The van der Waals surface area contributed by atoms with E-state index >= 15 is 0 Å². The molecule has 1 spiro atoms. The third-order valence-corrected chi connectivity index (χ3v) is 6.59. The van der Waals surface area contributed by atoms with Gasteiger partial charge in [0, 0.05) is 18.3 Å². The summed E-state index contributed by atoms with van der Waals surface area (Å²) in [5.74, 6) is -1.85. The standard InChI is InChI=1S/C15H24O5/c1-11(2)5-4-10(17)12(3)13(11)6-7-14(18,9-16)15(19,8-13)20-12/h16,18-19H,4-9H2,1-3H3/t12-,13+,14?,15?/m0/s1. The molecular weight excluding hydrogens is 260 g/mol. The Balaban J connectivity index is 2.17. The molecular formula is C15H24O5. The fourth-order valence-electron chi connectivity index (χ4n) is 4.90. The SMILES string of the molecule is CC1(C)CCC(=O)[C@]2(C)OC3(O)C[C@]12CCC3(O)CO. The van der Waals surface area contributed by atoms with Crippen LogP contribution in [0.25, 0.3) is 0 Å². The van der Waals surface area contributed by atoms with Crippen LogP contribution in [-0.4, -0.2) is 44.7 Å². The molecule has 0 radical (unpaired) electrons. The van der Waals surface area contributed by atoms with Crippen LogP contribution in [-0.2, 0) is 9.53 Å². The molecule has 1 saturated heterocycles. The van der Waals surface area contributed by atoms with Gasteiger partial charge in [-0.3, -0.25) is 4.79 Å². The predicted molar refractivity (Wildman–Crippen MR) is 70.8 cm³/mol. The first-order valence-electron chi connectivity index (χ1n) is 7.35. The summed E-state index contributed by atoms with van der Waals surface area (Å²) in [6.45, 7) is 5.40. The van der Waals surface area contributed by atoms with Gasteiger partial charge in [0.1, 0.15) is 11.2 Å². The summed E-state index contributed by atoms with van der Waals surface area (Å²) in [5, 5.41) is 30.8. The molecule has 2 saturated carbocycles. The summed E-state index contributed by atoms with van der Waals surface area (Å²) in [6.07, 6.45) is 2.21. The quantitative estimate of drug-likeness (QED) is 0.661. The molecule has 1 heterocycles. The summed E-state index contributed by atoms with van der Waals surface area (Å²) in [4.78, 5) is 12.5. The molecule has 4 atom stereocenters. The van der Waals surface area contributed by atoms with Crippen molar-refractivity contribution in [2.24, 2.45) is 10.8 Å². The molecule has 0 aromatic heterocycles. The molecule has 3 aliphatic rings. The van der Waals surface area contributed by atoms with E-state index < -0.39 is 29.0 Å². The first-order chi connectivity index (χ1) is 9.06. The fraction of sp³-hybridized carbons (Fsp3) is 0.933. The Labute approximate surface area is 118 Å². The second-order valence-corrected chi connectivity index (χ2v) is 7.68. The summed E-state index contributed by atoms with van der Waals surface area (Å²) >= 11 is 0. The van der Waals surface area contributed by atoms with E-state index in [9.17, 15) is 20.1 Å². The lowest BCUT2D eigenvalue weighted by Gasteiger charge is -2.56. The predicted octanol–water partition coefficient (Wildman–Crippen LogP) is 0.747. The van der Waals surface area contributed by atoms with Crippen molar-refractivity contribution < 1.29 is 24.9 Å². The molecule has 3 N–H and O–H groups in total. The highest BCUT2D eigenvalue weighted by atomic mass is 16.7. The normalized spacial score (nSPS) is 53.8. The van der Waals surface area contributed by atoms with Crippen molar-refractivity contribution in [2.75, 3.05) is 6.61 Å². The lowest BCUT2D eigenvalue weighted by atomic mass is 9.46. The van der Waals surface area contributed by atoms with Crippen molar-refractivity contribution in [1.82, 2.24) is 0 Å². The van der Waals surface area contributed by atoms with E-state index in [1.54, 1.807) is 6.92 Å². The fourth-order valence-corrected chi connectivity index (χ4v) is 4.90. The number of Topliss-reactive ketones (excluding diaryl/α,β-unsaturated/α-hetero) is 1. The highest BCUT2D eigenvalue weighted by Gasteiger charge is 2.77. The van der Waals surface area contributed by atoms with Gasteiger partial charge in [-0.05, 0) is 31.6 Å². The third-order valence-electron chi connectivity index (χ3n) is 6.59. The van der Waals surface area contributed by atoms with Crippen LogP contribution >= 0.6 is 0 Å². The van der Waals surface area contributed by atoms with Gasteiger partial charge in [0.05, 0.1) is 6.61 Å². The molecule has 20 heavy (non-hydrogen) atoms. The third kappa shape index (κ3) is 1.30. The zero-order valence-electron chi connectivity index (χ0n) is 12.4. The Morgan fingerprint density at radius 1 is 1.15 bits per heavy atom. The summed E-state index contributed by atoms with van der Waals surface area (Å²) in [6, 6.07) is 0. The van der Waals surface area contributed by atoms with E-state index in [0.29, 0.717) is 12.8 Å². The van der Waals surface area contributed by atoms with Gasteiger partial charge in [-0.15, -0.1) is 0 Å². The zero-order chi connectivity index (χ0) is 15.0. The Morgan fingerprint density at radius 3 is 2.40 bits per heavy atom. The van der Waals surface area contributed by atoms with E-state index in [-0.39, 0.29) is 24.0 Å². The lowest BCUT2D eigenvalue weighted by molar-refractivity contribution is -0.308. The van der Waals surface area contributed by atoms with Gasteiger partial charge in [0.2, 0.25) is 0 Å². The number of fused-ring (bicyclic) bond motifs is 1. The smallest absolute Gasteiger partial charge is 0.198 e. The molecule has 1 aliphatic heterocycles. The number of ketones is 1. The van der Waals surface area contributed by atoms with Crippen molar-refractivity contribution >= 4 is 5.78 Å². The molecule has 5 nitrogen and oxygen atoms in total. The summed E-state index contributed by atoms with van der Waals surface area (Å²) < 4.78 is 5.81. The largest absolute Gasteiger partial charge is 0.393 e. The Kier molecular flexibility index (Phi) is 2.63. The average molecular weight is 284 g/mol. The maximum Gasteiger partial charge on any atom is 0.198 e. The number of carbonyl (C=O) groups excluding carboxylic acids is 1.